The van der Waals surface area contributed by atoms with Gasteiger partial charge in [0.15, 0.2) is 5.03 Å². The molecule has 0 amide bonds. The molecule has 1 aromatic carbocycles. The molecular weight excluding hydrogens is 295 g/mol. The van der Waals surface area contributed by atoms with Gasteiger partial charge in [-0.1, -0.05) is 11.6 Å². The van der Waals surface area contributed by atoms with E-state index in [0.717, 1.165) is 16.8 Å². The van der Waals surface area contributed by atoms with Crippen LogP contribution >= 0.6 is 11.6 Å². The number of nitrogens with zero attached hydrogens (tertiary/aromatic N) is 2. The van der Waals surface area contributed by atoms with E-state index in [4.69, 9.17) is 17.3 Å². The molecule has 0 aliphatic rings. The van der Waals surface area contributed by atoms with E-state index < -0.39 is 15.8 Å². The maximum Gasteiger partial charge on any atom is 0.280 e. The minimum atomic E-state index is -3.95. The second kappa shape index (κ2) is 4.71. The van der Waals surface area contributed by atoms with Crippen LogP contribution in [0.5, 0.6) is 0 Å². The molecule has 0 saturated carbocycles. The molecule has 0 aliphatic heterocycles. The summed E-state index contributed by atoms with van der Waals surface area (Å²) < 4.78 is 40.5. The molecule has 0 bridgehead atoms. The van der Waals surface area contributed by atoms with Crippen LogP contribution in [0.15, 0.2) is 29.4 Å². The Labute approximate surface area is 114 Å². The summed E-state index contributed by atoms with van der Waals surface area (Å²) in [6, 6.07) is 3.34. The number of benzene rings is 1. The highest BCUT2D eigenvalue weighted by atomic mass is 35.5. The summed E-state index contributed by atoms with van der Waals surface area (Å²) in [5.41, 5.74) is 5.58. The molecule has 9 heteroatoms. The van der Waals surface area contributed by atoms with E-state index in [2.05, 4.69) is 9.82 Å². The fourth-order valence-corrected chi connectivity index (χ4v) is 3.27. The van der Waals surface area contributed by atoms with Crippen molar-refractivity contribution in [1.29, 1.82) is 0 Å². The van der Waals surface area contributed by atoms with E-state index >= 15 is 0 Å². The molecule has 0 aliphatic carbocycles. The average molecular weight is 305 g/mol. The molecule has 0 atom stereocenters. The summed E-state index contributed by atoms with van der Waals surface area (Å²) >= 11 is 5.77. The lowest BCUT2D eigenvalue weighted by Crippen LogP contribution is -2.18. The fraction of sp³-hybridized carbons (Fsp3) is 0.100. The van der Waals surface area contributed by atoms with Crippen molar-refractivity contribution in [3.8, 4) is 0 Å². The molecule has 2 rings (SSSR count). The van der Waals surface area contributed by atoms with E-state index in [1.807, 2.05) is 0 Å². The van der Waals surface area contributed by atoms with Crippen molar-refractivity contribution in [3.05, 3.63) is 35.2 Å². The molecule has 1 aromatic heterocycles. The highest BCUT2D eigenvalue weighted by molar-refractivity contribution is 7.92. The second-order valence-corrected chi connectivity index (χ2v) is 5.76. The van der Waals surface area contributed by atoms with Crippen LogP contribution in [0.2, 0.25) is 5.02 Å². The van der Waals surface area contributed by atoms with Gasteiger partial charge in [-0.3, -0.25) is 9.40 Å². The van der Waals surface area contributed by atoms with Gasteiger partial charge in [-0.15, -0.1) is 0 Å². The zero-order valence-electron chi connectivity index (χ0n) is 9.76. The molecule has 0 unspecified atom stereocenters. The SMILES string of the molecule is Cn1ncc(Cl)c1S(=O)(=O)Nc1ccc(F)cc1N. The first kappa shape index (κ1) is 13.6. The molecule has 19 heavy (non-hydrogen) atoms. The maximum atomic E-state index is 12.9. The van der Waals surface area contributed by atoms with Gasteiger partial charge in [0.05, 0.1) is 22.6 Å². The van der Waals surface area contributed by atoms with Gasteiger partial charge in [0.25, 0.3) is 10.0 Å². The number of nitrogen functional groups attached to an aromatic ring is 1. The van der Waals surface area contributed by atoms with Gasteiger partial charge in [0.1, 0.15) is 5.82 Å². The van der Waals surface area contributed by atoms with Crippen LogP contribution < -0.4 is 10.5 Å². The minimum Gasteiger partial charge on any atom is -0.397 e. The van der Waals surface area contributed by atoms with Crippen molar-refractivity contribution in [2.45, 2.75) is 5.03 Å². The van der Waals surface area contributed by atoms with Crippen LogP contribution in [0.25, 0.3) is 0 Å². The number of rotatable bonds is 3. The van der Waals surface area contributed by atoms with Crippen molar-refractivity contribution in [1.82, 2.24) is 9.78 Å². The molecule has 0 fully saturated rings. The summed E-state index contributed by atoms with van der Waals surface area (Å²) in [6.07, 6.45) is 1.21. The van der Waals surface area contributed by atoms with Crippen LogP contribution in [-0.2, 0) is 17.1 Å². The lowest BCUT2D eigenvalue weighted by molar-refractivity contribution is 0.582. The molecule has 3 N–H and O–H groups in total. The lowest BCUT2D eigenvalue weighted by Gasteiger charge is -2.10. The first-order chi connectivity index (χ1) is 8.81. The van der Waals surface area contributed by atoms with Gasteiger partial charge in [-0.2, -0.15) is 13.5 Å². The average Bonchev–Trinajstić information content (AvgIpc) is 2.63. The van der Waals surface area contributed by atoms with Crippen LogP contribution in [0.1, 0.15) is 0 Å². The van der Waals surface area contributed by atoms with Crippen LogP contribution in [0.4, 0.5) is 15.8 Å². The third-order valence-electron chi connectivity index (χ3n) is 2.35. The van der Waals surface area contributed by atoms with Gasteiger partial charge in [0, 0.05) is 7.05 Å². The number of nitrogens with one attached hydrogen (secondary N) is 1. The third-order valence-corrected chi connectivity index (χ3v) is 4.23. The first-order valence-corrected chi connectivity index (χ1v) is 6.93. The Morgan fingerprint density at radius 1 is 1.47 bits per heavy atom. The molecule has 6 nitrogen and oxygen atoms in total. The predicted octanol–water partition coefficient (Wildman–Crippen LogP) is 1.60. The zero-order valence-corrected chi connectivity index (χ0v) is 11.3. The first-order valence-electron chi connectivity index (χ1n) is 5.06. The Balaban J connectivity index is 2.42. The Morgan fingerprint density at radius 3 is 2.68 bits per heavy atom. The number of aromatic nitrogens is 2. The summed E-state index contributed by atoms with van der Waals surface area (Å²) in [6.45, 7) is 0. The number of nitrogens with two attached hydrogens (primary N) is 1. The van der Waals surface area contributed by atoms with Crippen LogP contribution in [-0.4, -0.2) is 18.2 Å². The second-order valence-electron chi connectivity index (χ2n) is 3.76. The molecular formula is C10H10ClFN4O2S. The van der Waals surface area contributed by atoms with E-state index in [1.165, 1.54) is 19.3 Å². The summed E-state index contributed by atoms with van der Waals surface area (Å²) in [5.74, 6) is -0.556. The van der Waals surface area contributed by atoms with Crippen molar-refractivity contribution in [2.24, 2.45) is 7.05 Å². The van der Waals surface area contributed by atoms with E-state index in [0.29, 0.717) is 0 Å². The van der Waals surface area contributed by atoms with Crippen molar-refractivity contribution < 1.29 is 12.8 Å². The lowest BCUT2D eigenvalue weighted by atomic mass is 10.3. The molecule has 0 saturated heterocycles. The molecule has 0 radical (unpaired) electrons. The van der Waals surface area contributed by atoms with Gasteiger partial charge in [-0.25, -0.2) is 4.39 Å². The monoisotopic (exact) mass is 304 g/mol. The number of hydrogen-bond donors (Lipinski definition) is 2. The molecule has 0 spiro atoms. The normalized spacial score (nSPS) is 11.5. The Hall–Kier alpha value is -1.80. The number of halogens is 2. The highest BCUT2D eigenvalue weighted by Crippen LogP contribution is 2.26. The fourth-order valence-electron chi connectivity index (χ4n) is 1.52. The number of hydrogen-bond acceptors (Lipinski definition) is 4. The summed E-state index contributed by atoms with van der Waals surface area (Å²) in [5, 5.41) is 3.52. The van der Waals surface area contributed by atoms with Crippen molar-refractivity contribution in [2.75, 3.05) is 10.5 Å². The minimum absolute atomic E-state index is 0.0179. The largest absolute Gasteiger partial charge is 0.397 e. The number of anilines is 2. The highest BCUT2D eigenvalue weighted by Gasteiger charge is 2.23. The number of sulfonamides is 1. The van der Waals surface area contributed by atoms with Crippen molar-refractivity contribution >= 4 is 33.0 Å². The van der Waals surface area contributed by atoms with Gasteiger partial charge in [-0.05, 0) is 18.2 Å². The smallest absolute Gasteiger partial charge is 0.280 e. The molecule has 102 valence electrons. The summed E-state index contributed by atoms with van der Waals surface area (Å²) in [7, 11) is -2.51. The van der Waals surface area contributed by atoms with E-state index in [-0.39, 0.29) is 21.4 Å². The third kappa shape index (κ3) is 2.64. The predicted molar refractivity (Wildman–Crippen MR) is 69.8 cm³/mol. The zero-order chi connectivity index (χ0) is 14.2. The van der Waals surface area contributed by atoms with Crippen LogP contribution in [0.3, 0.4) is 0 Å². The standard InChI is InChI=1S/C10H10ClFN4O2S/c1-16-10(7(11)5-14-16)19(17,18)15-9-3-2-6(12)4-8(9)13/h2-5,15H,13H2,1H3. The van der Waals surface area contributed by atoms with Crippen LogP contribution in [0, 0.1) is 5.82 Å². The van der Waals surface area contributed by atoms with Gasteiger partial charge >= 0.3 is 0 Å². The number of aryl methyl sites for hydroxylation is 1. The maximum absolute atomic E-state index is 12.9. The van der Waals surface area contributed by atoms with Gasteiger partial charge < -0.3 is 5.73 Å². The topological polar surface area (TPSA) is 90.0 Å². The molecule has 2 aromatic rings. The van der Waals surface area contributed by atoms with E-state index in [9.17, 15) is 12.8 Å². The molecule has 1 heterocycles. The quantitative estimate of drug-likeness (QED) is 0.843. The summed E-state index contributed by atoms with van der Waals surface area (Å²) in [4.78, 5) is 0. The Kier molecular flexibility index (Phi) is 3.38. The van der Waals surface area contributed by atoms with E-state index in [1.54, 1.807) is 0 Å². The van der Waals surface area contributed by atoms with Gasteiger partial charge in [0.2, 0.25) is 0 Å². The van der Waals surface area contributed by atoms with Crippen molar-refractivity contribution in [3.63, 3.8) is 0 Å². The Bertz CT molecular complexity index is 710. The Morgan fingerprint density at radius 2 is 2.16 bits per heavy atom.